The Kier molecular flexibility index (Phi) is 31.4. The first-order valence-electron chi connectivity index (χ1n) is 6.33. The van der Waals surface area contributed by atoms with E-state index < -0.39 is 5.60 Å². The third kappa shape index (κ3) is 31.0. The Labute approximate surface area is 179 Å². The predicted molar refractivity (Wildman–Crippen MR) is 83.2 cm³/mol. The standard InChI is InChI=1S/C6H7FN2.C4H8O.C4H9O.ClH.Li.Na.H2O/c7-5-1-3-6(9-8)4-2-5;1-2-4-5-3-1;1-4(2,3)5;;;;/h1-4,9H,8H2;1-4H2;1-3H3;1H;;;1H2/q;;-1;;2*+1;/p-1. The van der Waals surface area contributed by atoms with Crippen molar-refractivity contribution in [1.29, 1.82) is 0 Å². The molecule has 1 heterocycles. The number of anilines is 1. The molecule has 1 saturated heterocycles. The first kappa shape index (κ1) is 34.9. The summed E-state index contributed by atoms with van der Waals surface area (Å²) < 4.78 is 17.1. The van der Waals surface area contributed by atoms with Crippen LogP contribution in [0.2, 0.25) is 0 Å². The van der Waals surface area contributed by atoms with Crippen LogP contribution in [0.4, 0.5) is 10.1 Å². The van der Waals surface area contributed by atoms with Gasteiger partial charge in [0.05, 0.1) is 0 Å². The van der Waals surface area contributed by atoms with Crippen LogP contribution in [0.25, 0.3) is 0 Å². The number of nitrogens with two attached hydrogens (primary N) is 1. The summed E-state index contributed by atoms with van der Waals surface area (Å²) in [4.78, 5) is 0. The third-order valence-electron chi connectivity index (χ3n) is 1.84. The molecule has 0 aliphatic carbocycles. The van der Waals surface area contributed by atoms with Gasteiger partial charge in [0.15, 0.2) is 0 Å². The molecule has 1 fully saturated rings. The van der Waals surface area contributed by atoms with Gasteiger partial charge in [0.2, 0.25) is 0 Å². The summed E-state index contributed by atoms with van der Waals surface area (Å²) in [7, 11) is 0. The maximum Gasteiger partial charge on any atom is 1.00 e. The van der Waals surface area contributed by atoms with Gasteiger partial charge in [-0.05, 0) is 37.1 Å². The normalized spacial score (nSPS) is 11.4. The molecule has 1 aliphatic rings. The number of rotatable bonds is 1. The fourth-order valence-electron chi connectivity index (χ4n) is 1.06. The SMILES string of the molecule is C1CCOC1.CC(C)(C)[O-].Cl.NNc1ccc(F)cc1.[Li+].[Na+].[OH-]. The van der Waals surface area contributed by atoms with Gasteiger partial charge in [-0.3, -0.25) is 5.84 Å². The van der Waals surface area contributed by atoms with E-state index in [1.165, 1.54) is 25.0 Å². The zero-order valence-electron chi connectivity index (χ0n) is 14.8. The van der Waals surface area contributed by atoms with Crippen molar-refractivity contribution in [1.82, 2.24) is 0 Å². The number of hydrazine groups is 1. The van der Waals surface area contributed by atoms with Crippen LogP contribution in [0.5, 0.6) is 0 Å². The van der Waals surface area contributed by atoms with E-state index in [0.717, 1.165) is 13.2 Å². The van der Waals surface area contributed by atoms with Crippen LogP contribution in [0.3, 0.4) is 0 Å². The van der Waals surface area contributed by atoms with E-state index in [2.05, 4.69) is 5.43 Å². The van der Waals surface area contributed by atoms with Crippen molar-refractivity contribution in [2.75, 3.05) is 18.6 Å². The van der Waals surface area contributed by atoms with Gasteiger partial charge in [0.25, 0.3) is 0 Å². The Morgan fingerprint density at radius 2 is 1.48 bits per heavy atom. The maximum atomic E-state index is 12.2. The van der Waals surface area contributed by atoms with Crippen LogP contribution >= 0.6 is 12.4 Å². The van der Waals surface area contributed by atoms with Crippen molar-refractivity contribution < 1.29 is 68.1 Å². The molecule has 0 amide bonds. The molecular formula is C14H26ClFLiN2NaO3. The van der Waals surface area contributed by atoms with Gasteiger partial charge < -0.3 is 20.7 Å². The average molecular weight is 355 g/mol. The fraction of sp³-hybridized carbons (Fsp3) is 0.571. The Bertz CT molecular complexity index is 326. The van der Waals surface area contributed by atoms with Crippen molar-refractivity contribution in [3.05, 3.63) is 30.1 Å². The Morgan fingerprint density at radius 1 is 1.13 bits per heavy atom. The summed E-state index contributed by atoms with van der Waals surface area (Å²) in [6, 6.07) is 5.81. The Hall–Kier alpha value is 0.677. The molecule has 4 N–H and O–H groups in total. The minimum Gasteiger partial charge on any atom is -0.870 e. The van der Waals surface area contributed by atoms with E-state index in [-0.39, 0.29) is 72.1 Å². The third-order valence-corrected chi connectivity index (χ3v) is 1.84. The van der Waals surface area contributed by atoms with Crippen molar-refractivity contribution in [3.63, 3.8) is 0 Å². The number of nitrogens with one attached hydrogen (secondary N) is 1. The molecule has 0 bridgehead atoms. The summed E-state index contributed by atoms with van der Waals surface area (Å²) in [5.74, 6) is 4.77. The second kappa shape index (κ2) is 20.7. The number of hydrogen-bond donors (Lipinski definition) is 2. The smallest absolute Gasteiger partial charge is 0.870 e. The molecule has 1 aliphatic heterocycles. The van der Waals surface area contributed by atoms with E-state index in [0.29, 0.717) is 5.69 Å². The molecule has 2 rings (SSSR count). The topological polar surface area (TPSA) is 100 Å². The van der Waals surface area contributed by atoms with E-state index in [1.807, 2.05) is 0 Å². The summed E-state index contributed by atoms with van der Waals surface area (Å²) in [5, 5.41) is 10.1. The minimum absolute atomic E-state index is 0. The molecule has 0 unspecified atom stereocenters. The van der Waals surface area contributed by atoms with Crippen LogP contribution < -0.4 is 64.8 Å². The first-order valence-corrected chi connectivity index (χ1v) is 6.33. The van der Waals surface area contributed by atoms with Gasteiger partial charge in [0, 0.05) is 18.9 Å². The number of nitrogen functional groups attached to an aromatic ring is 1. The molecule has 0 spiro atoms. The van der Waals surface area contributed by atoms with Crippen molar-refractivity contribution in [2.45, 2.75) is 39.2 Å². The monoisotopic (exact) mass is 354 g/mol. The Balaban J connectivity index is -0.0000000686. The molecule has 9 heteroatoms. The van der Waals surface area contributed by atoms with Crippen molar-refractivity contribution in [3.8, 4) is 0 Å². The van der Waals surface area contributed by atoms with E-state index in [9.17, 15) is 9.50 Å². The quantitative estimate of drug-likeness (QED) is 0.307. The molecule has 5 nitrogen and oxygen atoms in total. The molecule has 0 radical (unpaired) electrons. The van der Waals surface area contributed by atoms with Gasteiger partial charge in [0.1, 0.15) is 5.82 Å². The maximum absolute atomic E-state index is 12.2. The van der Waals surface area contributed by atoms with Crippen molar-refractivity contribution in [2.24, 2.45) is 5.84 Å². The zero-order chi connectivity index (χ0) is 14.7. The second-order valence-electron chi connectivity index (χ2n) is 5.08. The van der Waals surface area contributed by atoms with Crippen molar-refractivity contribution >= 4 is 18.1 Å². The van der Waals surface area contributed by atoms with Crippen LogP contribution in [0.1, 0.15) is 33.6 Å². The average Bonchev–Trinajstić information content (AvgIpc) is 2.86. The second-order valence-corrected chi connectivity index (χ2v) is 5.08. The molecule has 1 aromatic rings. The molecule has 0 aromatic heterocycles. The summed E-state index contributed by atoms with van der Waals surface area (Å²) in [6.45, 7) is 6.90. The van der Waals surface area contributed by atoms with E-state index in [4.69, 9.17) is 10.6 Å². The van der Waals surface area contributed by atoms with E-state index >= 15 is 0 Å². The van der Waals surface area contributed by atoms with Gasteiger partial charge >= 0.3 is 48.4 Å². The largest absolute Gasteiger partial charge is 1.00 e. The molecule has 0 saturated carbocycles. The fourth-order valence-corrected chi connectivity index (χ4v) is 1.06. The number of hydrogen-bond acceptors (Lipinski definition) is 5. The molecule has 126 valence electrons. The van der Waals surface area contributed by atoms with Crippen LogP contribution in [0, 0.1) is 5.82 Å². The van der Waals surface area contributed by atoms with Gasteiger partial charge in [-0.1, -0.05) is 20.8 Å². The van der Waals surface area contributed by atoms with Crippen LogP contribution in [0.15, 0.2) is 24.3 Å². The Morgan fingerprint density at radius 3 is 1.70 bits per heavy atom. The number of halogens is 2. The van der Waals surface area contributed by atoms with Crippen LogP contribution in [-0.4, -0.2) is 24.3 Å². The molecule has 1 aromatic carbocycles. The van der Waals surface area contributed by atoms with Gasteiger partial charge in [-0.2, -0.15) is 0 Å². The molecular weight excluding hydrogens is 329 g/mol. The predicted octanol–water partition coefficient (Wildman–Crippen LogP) is -3.69. The van der Waals surface area contributed by atoms with Crippen LogP contribution in [-0.2, 0) is 4.74 Å². The summed E-state index contributed by atoms with van der Waals surface area (Å²) in [6.07, 6.45) is 2.56. The summed E-state index contributed by atoms with van der Waals surface area (Å²) >= 11 is 0. The minimum atomic E-state index is -0.750. The number of benzene rings is 1. The van der Waals surface area contributed by atoms with Gasteiger partial charge in [-0.25, -0.2) is 4.39 Å². The van der Waals surface area contributed by atoms with E-state index in [1.54, 1.807) is 32.9 Å². The molecule has 0 atom stereocenters. The molecule has 23 heavy (non-hydrogen) atoms. The first-order chi connectivity index (χ1) is 8.83. The van der Waals surface area contributed by atoms with Gasteiger partial charge in [-0.15, -0.1) is 18.0 Å². The summed E-state index contributed by atoms with van der Waals surface area (Å²) in [5.41, 5.74) is 2.34. The zero-order valence-corrected chi connectivity index (χ0v) is 17.6. The number of ether oxygens (including phenoxy) is 1.